The first-order valence-electron chi connectivity index (χ1n) is 9.73. The second-order valence-corrected chi connectivity index (χ2v) is 8.32. The molecule has 1 aliphatic rings. The van der Waals surface area contributed by atoms with E-state index in [0.29, 0.717) is 23.3 Å². The summed E-state index contributed by atoms with van der Waals surface area (Å²) in [6, 6.07) is 11.3. The van der Waals surface area contributed by atoms with Crippen LogP contribution in [0.3, 0.4) is 0 Å². The highest BCUT2D eigenvalue weighted by atomic mass is 32.1. The van der Waals surface area contributed by atoms with Gasteiger partial charge in [0.25, 0.3) is 5.56 Å². The number of nitrogens with zero attached hydrogens (tertiary/aromatic N) is 3. The Morgan fingerprint density at radius 3 is 2.86 bits per heavy atom. The first-order chi connectivity index (χ1) is 14.1. The van der Waals surface area contributed by atoms with E-state index in [0.717, 1.165) is 32.5 Å². The zero-order chi connectivity index (χ0) is 20.2. The van der Waals surface area contributed by atoms with Crippen molar-refractivity contribution < 1.29 is 9.53 Å². The molecule has 4 rings (SSSR count). The lowest BCUT2D eigenvalue weighted by Crippen LogP contribution is -2.36. The van der Waals surface area contributed by atoms with Crippen LogP contribution in [0.1, 0.15) is 23.5 Å². The number of hydrogen-bond acceptors (Lipinski definition) is 6. The SMILES string of the molecule is NC(=O)Cn1c(CN(Cc2cccs2)C[C@@H]2CCCO2)nc2ccccc2c1=O. The van der Waals surface area contributed by atoms with E-state index in [4.69, 9.17) is 15.5 Å². The van der Waals surface area contributed by atoms with Gasteiger partial charge in [0.05, 0.1) is 23.6 Å². The lowest BCUT2D eigenvalue weighted by molar-refractivity contribution is -0.118. The molecule has 7 nitrogen and oxygen atoms in total. The Morgan fingerprint density at radius 1 is 1.28 bits per heavy atom. The Balaban J connectivity index is 1.69. The van der Waals surface area contributed by atoms with Crippen molar-refractivity contribution >= 4 is 28.1 Å². The van der Waals surface area contributed by atoms with E-state index in [1.54, 1.807) is 23.5 Å². The van der Waals surface area contributed by atoms with Crippen molar-refractivity contribution in [2.24, 2.45) is 5.73 Å². The van der Waals surface area contributed by atoms with Gasteiger partial charge in [-0.25, -0.2) is 4.98 Å². The molecular formula is C21H24N4O3S. The first kappa shape index (κ1) is 19.8. The third-order valence-corrected chi connectivity index (χ3v) is 5.93. The molecule has 0 bridgehead atoms. The van der Waals surface area contributed by atoms with E-state index in [1.165, 1.54) is 9.44 Å². The largest absolute Gasteiger partial charge is 0.377 e. The van der Waals surface area contributed by atoms with Crippen molar-refractivity contribution in [3.05, 3.63) is 62.8 Å². The average Bonchev–Trinajstić information content (AvgIpc) is 3.39. The van der Waals surface area contributed by atoms with Gasteiger partial charge >= 0.3 is 0 Å². The quantitative estimate of drug-likeness (QED) is 0.612. The number of fused-ring (bicyclic) bond motifs is 1. The molecule has 1 amide bonds. The fraction of sp³-hybridized carbons (Fsp3) is 0.381. The molecule has 2 N–H and O–H groups in total. The van der Waals surface area contributed by atoms with Gasteiger partial charge in [-0.1, -0.05) is 18.2 Å². The summed E-state index contributed by atoms with van der Waals surface area (Å²) in [5.74, 6) is -0.0172. The van der Waals surface area contributed by atoms with Crippen LogP contribution in [0.15, 0.2) is 46.6 Å². The van der Waals surface area contributed by atoms with E-state index < -0.39 is 5.91 Å². The van der Waals surface area contributed by atoms with Crippen LogP contribution in [0.4, 0.5) is 0 Å². The number of nitrogens with two attached hydrogens (primary N) is 1. The summed E-state index contributed by atoms with van der Waals surface area (Å²) in [5, 5.41) is 2.54. The Kier molecular flexibility index (Phi) is 6.03. The Hall–Kier alpha value is -2.55. The molecule has 0 spiro atoms. The van der Waals surface area contributed by atoms with Gasteiger partial charge < -0.3 is 10.5 Å². The summed E-state index contributed by atoms with van der Waals surface area (Å²) in [7, 11) is 0. The number of carbonyl (C=O) groups excluding carboxylic acids is 1. The molecule has 2 aromatic heterocycles. The van der Waals surface area contributed by atoms with Crippen molar-refractivity contribution in [1.29, 1.82) is 0 Å². The smallest absolute Gasteiger partial charge is 0.261 e. The van der Waals surface area contributed by atoms with Crippen LogP contribution in [0, 0.1) is 0 Å². The number of aromatic nitrogens is 2. The van der Waals surface area contributed by atoms with Crippen molar-refractivity contribution in [1.82, 2.24) is 14.5 Å². The lowest BCUT2D eigenvalue weighted by Gasteiger charge is -2.25. The zero-order valence-electron chi connectivity index (χ0n) is 16.1. The standard InChI is InChI=1S/C21H24N4O3S/c22-19(26)13-25-20(23-18-8-2-1-7-17(18)21(25)27)14-24(11-15-5-3-9-28-15)12-16-6-4-10-29-16/h1-2,4,6-8,10,15H,3,5,9,11-14H2,(H2,22,26)/t15-/m0/s1. The molecular weight excluding hydrogens is 388 g/mol. The van der Waals surface area contributed by atoms with Crippen molar-refractivity contribution in [3.63, 3.8) is 0 Å². The van der Waals surface area contributed by atoms with Crippen LogP contribution in [0.5, 0.6) is 0 Å². The molecule has 3 heterocycles. The minimum atomic E-state index is -0.561. The fourth-order valence-electron chi connectivity index (χ4n) is 3.74. The maximum atomic E-state index is 13.0. The van der Waals surface area contributed by atoms with Gasteiger partial charge in [0.2, 0.25) is 5.91 Å². The number of benzene rings is 1. The Morgan fingerprint density at radius 2 is 2.14 bits per heavy atom. The highest BCUT2D eigenvalue weighted by Gasteiger charge is 2.22. The third-order valence-electron chi connectivity index (χ3n) is 5.07. The molecule has 1 fully saturated rings. The minimum Gasteiger partial charge on any atom is -0.377 e. The number of para-hydroxylation sites is 1. The van der Waals surface area contributed by atoms with Gasteiger partial charge in [0.1, 0.15) is 12.4 Å². The van der Waals surface area contributed by atoms with Gasteiger partial charge in [-0.15, -0.1) is 11.3 Å². The van der Waals surface area contributed by atoms with Crippen molar-refractivity contribution in [2.75, 3.05) is 13.2 Å². The summed E-state index contributed by atoms with van der Waals surface area (Å²) in [4.78, 5) is 32.8. The van der Waals surface area contributed by atoms with Crippen LogP contribution in [-0.2, 0) is 29.2 Å². The second kappa shape index (κ2) is 8.86. The van der Waals surface area contributed by atoms with Crippen LogP contribution in [0.2, 0.25) is 0 Å². The maximum absolute atomic E-state index is 13.0. The molecule has 1 atom stereocenters. The van der Waals surface area contributed by atoms with Gasteiger partial charge in [-0.3, -0.25) is 19.1 Å². The number of ether oxygens (including phenoxy) is 1. The molecule has 0 unspecified atom stereocenters. The summed E-state index contributed by atoms with van der Waals surface area (Å²) in [6.45, 7) is 2.52. The molecule has 29 heavy (non-hydrogen) atoms. The molecule has 0 aliphatic carbocycles. The number of carbonyl (C=O) groups is 1. The Bertz CT molecular complexity index is 1040. The zero-order valence-corrected chi connectivity index (χ0v) is 16.9. The minimum absolute atomic E-state index is 0.173. The molecule has 0 radical (unpaired) electrons. The maximum Gasteiger partial charge on any atom is 0.261 e. The third kappa shape index (κ3) is 4.72. The molecule has 0 saturated carbocycles. The van der Waals surface area contributed by atoms with Crippen LogP contribution < -0.4 is 11.3 Å². The van der Waals surface area contributed by atoms with Crippen LogP contribution in [-0.4, -0.2) is 39.6 Å². The van der Waals surface area contributed by atoms with E-state index >= 15 is 0 Å². The number of primary amides is 1. The monoisotopic (exact) mass is 412 g/mol. The lowest BCUT2D eigenvalue weighted by atomic mass is 10.2. The molecule has 3 aromatic rings. The summed E-state index contributed by atoms with van der Waals surface area (Å²) < 4.78 is 7.23. The van der Waals surface area contributed by atoms with E-state index in [1.807, 2.05) is 18.2 Å². The van der Waals surface area contributed by atoms with Crippen molar-refractivity contribution in [3.8, 4) is 0 Å². The van der Waals surface area contributed by atoms with Crippen LogP contribution in [0.25, 0.3) is 10.9 Å². The van der Waals surface area contributed by atoms with Crippen LogP contribution >= 0.6 is 11.3 Å². The van der Waals surface area contributed by atoms with Gasteiger partial charge in [-0.05, 0) is 36.4 Å². The second-order valence-electron chi connectivity index (χ2n) is 7.29. The highest BCUT2D eigenvalue weighted by molar-refractivity contribution is 7.09. The topological polar surface area (TPSA) is 90.5 Å². The number of amides is 1. The predicted molar refractivity (Wildman–Crippen MR) is 113 cm³/mol. The molecule has 8 heteroatoms. The predicted octanol–water partition coefficient (Wildman–Crippen LogP) is 2.12. The first-order valence-corrected chi connectivity index (χ1v) is 10.6. The van der Waals surface area contributed by atoms with Gasteiger partial charge in [-0.2, -0.15) is 0 Å². The summed E-state index contributed by atoms with van der Waals surface area (Å²) >= 11 is 1.69. The van der Waals surface area contributed by atoms with Crippen molar-refractivity contribution in [2.45, 2.75) is 38.6 Å². The highest BCUT2D eigenvalue weighted by Crippen LogP contribution is 2.19. The normalized spacial score (nSPS) is 16.7. The number of thiophene rings is 1. The van der Waals surface area contributed by atoms with Gasteiger partial charge in [0, 0.05) is 24.6 Å². The summed E-state index contributed by atoms with van der Waals surface area (Å²) in [5.41, 5.74) is 5.81. The Labute approximate surface area is 172 Å². The van der Waals surface area contributed by atoms with Gasteiger partial charge in [0.15, 0.2) is 0 Å². The summed E-state index contributed by atoms with van der Waals surface area (Å²) in [6.07, 6.45) is 2.27. The van der Waals surface area contributed by atoms with E-state index in [-0.39, 0.29) is 18.2 Å². The fourth-order valence-corrected chi connectivity index (χ4v) is 4.48. The number of hydrogen-bond donors (Lipinski definition) is 1. The molecule has 152 valence electrons. The molecule has 1 saturated heterocycles. The number of rotatable bonds is 8. The van der Waals surface area contributed by atoms with E-state index in [9.17, 15) is 9.59 Å². The average molecular weight is 413 g/mol. The molecule has 1 aromatic carbocycles. The molecule has 1 aliphatic heterocycles. The van der Waals surface area contributed by atoms with E-state index in [2.05, 4.69) is 16.3 Å².